The van der Waals surface area contributed by atoms with Gasteiger partial charge >= 0.3 is 0 Å². The molecule has 3 rings (SSSR count). The van der Waals surface area contributed by atoms with E-state index < -0.39 is 0 Å². The van der Waals surface area contributed by atoms with E-state index in [1.165, 1.54) is 17.5 Å². The van der Waals surface area contributed by atoms with Crippen molar-refractivity contribution in [3.63, 3.8) is 0 Å². The van der Waals surface area contributed by atoms with Crippen LogP contribution in [0.1, 0.15) is 35.6 Å². The number of fused-ring (bicyclic) bond motifs is 1. The minimum atomic E-state index is 0.0844. The molecule has 0 saturated heterocycles. The Bertz CT molecular complexity index is 693. The van der Waals surface area contributed by atoms with Crippen LogP contribution in [-0.2, 0) is 13.0 Å². The summed E-state index contributed by atoms with van der Waals surface area (Å²) in [6.07, 6.45) is 5.20. The van der Waals surface area contributed by atoms with Gasteiger partial charge in [-0.15, -0.1) is 0 Å². The maximum Gasteiger partial charge on any atom is 0.267 e. The number of hydrogen-bond donors (Lipinski definition) is 0. The Morgan fingerprint density at radius 3 is 3.05 bits per heavy atom. The molecule has 0 amide bonds. The molecule has 1 aromatic carbocycles. The second-order valence-corrected chi connectivity index (χ2v) is 6.47. The quantitative estimate of drug-likeness (QED) is 0.750. The topological polar surface area (TPSA) is 34.9 Å². The standard InChI is InChI=1S/C16H17IN2O/c1-11-15(17)16(20)19(10-18-11)9-13-7-4-6-12-5-2-3-8-14(12)13/h2-3,5,8,10,13H,4,6-7,9H2,1H3. The molecule has 1 heterocycles. The van der Waals surface area contributed by atoms with E-state index in [0.717, 1.165) is 28.7 Å². The zero-order valence-electron chi connectivity index (χ0n) is 11.5. The normalized spacial score (nSPS) is 17.8. The molecule has 0 saturated carbocycles. The largest absolute Gasteiger partial charge is 0.298 e. The molecule has 1 aliphatic carbocycles. The number of benzene rings is 1. The number of hydrogen-bond acceptors (Lipinski definition) is 2. The van der Waals surface area contributed by atoms with Crippen molar-refractivity contribution >= 4 is 22.6 Å². The first-order valence-corrected chi connectivity index (χ1v) is 8.04. The maximum absolute atomic E-state index is 12.3. The van der Waals surface area contributed by atoms with Gasteiger partial charge in [-0.1, -0.05) is 24.3 Å². The molecule has 0 spiro atoms. The van der Waals surface area contributed by atoms with Crippen LogP contribution in [0.5, 0.6) is 0 Å². The van der Waals surface area contributed by atoms with Crippen LogP contribution in [0.2, 0.25) is 0 Å². The summed E-state index contributed by atoms with van der Waals surface area (Å²) in [6, 6.07) is 8.61. The van der Waals surface area contributed by atoms with Gasteiger partial charge in [0.2, 0.25) is 0 Å². The first-order chi connectivity index (χ1) is 9.66. The van der Waals surface area contributed by atoms with Crippen molar-refractivity contribution in [3.05, 3.63) is 61.3 Å². The third kappa shape index (κ3) is 2.53. The molecule has 0 radical (unpaired) electrons. The van der Waals surface area contributed by atoms with Crippen LogP contribution in [-0.4, -0.2) is 9.55 Å². The van der Waals surface area contributed by atoms with Crippen molar-refractivity contribution in [1.82, 2.24) is 9.55 Å². The fraction of sp³-hybridized carbons (Fsp3) is 0.375. The predicted octanol–water partition coefficient (Wildman–Crippen LogP) is 3.28. The summed E-state index contributed by atoms with van der Waals surface area (Å²) in [5.74, 6) is 0.429. The molecule has 1 atom stereocenters. The summed E-state index contributed by atoms with van der Waals surface area (Å²) in [5.41, 5.74) is 3.74. The lowest BCUT2D eigenvalue weighted by atomic mass is 9.83. The Morgan fingerprint density at radius 1 is 1.40 bits per heavy atom. The van der Waals surface area contributed by atoms with Gasteiger partial charge in [0.15, 0.2) is 0 Å². The summed E-state index contributed by atoms with van der Waals surface area (Å²) in [5, 5.41) is 0. The molecule has 1 aliphatic rings. The van der Waals surface area contributed by atoms with Gasteiger partial charge in [0.25, 0.3) is 5.56 Å². The third-order valence-corrected chi connectivity index (χ3v) is 5.31. The van der Waals surface area contributed by atoms with Crippen molar-refractivity contribution < 1.29 is 0 Å². The molecule has 4 heteroatoms. The fourth-order valence-electron chi connectivity index (χ4n) is 2.96. The van der Waals surface area contributed by atoms with Crippen molar-refractivity contribution in [3.8, 4) is 0 Å². The lowest BCUT2D eigenvalue weighted by Gasteiger charge is -2.26. The van der Waals surface area contributed by atoms with E-state index in [1.54, 1.807) is 10.9 Å². The number of aryl methyl sites for hydroxylation is 2. The first-order valence-electron chi connectivity index (χ1n) is 6.96. The van der Waals surface area contributed by atoms with Gasteiger partial charge in [-0.25, -0.2) is 4.98 Å². The SMILES string of the molecule is Cc1ncn(CC2CCCc3ccccc32)c(=O)c1I. The van der Waals surface area contributed by atoms with Crippen molar-refractivity contribution in [1.29, 1.82) is 0 Å². The van der Waals surface area contributed by atoms with E-state index in [9.17, 15) is 4.79 Å². The number of aromatic nitrogens is 2. The van der Waals surface area contributed by atoms with Crippen LogP contribution in [0, 0.1) is 10.5 Å². The second kappa shape index (κ2) is 5.68. The molecule has 1 aromatic heterocycles. The first kappa shape index (κ1) is 13.8. The van der Waals surface area contributed by atoms with E-state index in [-0.39, 0.29) is 5.56 Å². The van der Waals surface area contributed by atoms with Crippen LogP contribution in [0.4, 0.5) is 0 Å². The third-order valence-electron chi connectivity index (χ3n) is 4.07. The summed E-state index contributed by atoms with van der Waals surface area (Å²) in [4.78, 5) is 16.6. The minimum Gasteiger partial charge on any atom is -0.298 e. The number of rotatable bonds is 2. The Labute approximate surface area is 132 Å². The Balaban J connectivity index is 1.94. The summed E-state index contributed by atoms with van der Waals surface area (Å²) in [6.45, 7) is 2.61. The molecule has 0 N–H and O–H groups in total. The van der Waals surface area contributed by atoms with Gasteiger partial charge in [0, 0.05) is 12.5 Å². The summed E-state index contributed by atoms with van der Waals surface area (Å²) >= 11 is 2.09. The number of halogens is 1. The predicted molar refractivity (Wildman–Crippen MR) is 88.1 cm³/mol. The van der Waals surface area contributed by atoms with Gasteiger partial charge in [-0.2, -0.15) is 0 Å². The van der Waals surface area contributed by atoms with Crippen LogP contribution >= 0.6 is 22.6 Å². The molecule has 1 unspecified atom stereocenters. The Hall–Kier alpha value is -1.17. The molecule has 20 heavy (non-hydrogen) atoms. The van der Waals surface area contributed by atoms with Gasteiger partial charge < -0.3 is 0 Å². The maximum atomic E-state index is 12.3. The summed E-state index contributed by atoms with van der Waals surface area (Å²) in [7, 11) is 0. The molecule has 0 aliphatic heterocycles. The molecule has 0 fully saturated rings. The average molecular weight is 380 g/mol. The van der Waals surface area contributed by atoms with Crippen molar-refractivity contribution in [2.24, 2.45) is 0 Å². The smallest absolute Gasteiger partial charge is 0.267 e. The highest BCUT2D eigenvalue weighted by Gasteiger charge is 2.21. The van der Waals surface area contributed by atoms with E-state index in [1.807, 2.05) is 6.92 Å². The average Bonchev–Trinajstić information content (AvgIpc) is 2.48. The molecule has 104 valence electrons. The lowest BCUT2D eigenvalue weighted by molar-refractivity contribution is 0.470. The minimum absolute atomic E-state index is 0.0844. The highest BCUT2D eigenvalue weighted by atomic mass is 127. The fourth-order valence-corrected chi connectivity index (χ4v) is 3.41. The van der Waals surface area contributed by atoms with Crippen LogP contribution < -0.4 is 5.56 Å². The Morgan fingerprint density at radius 2 is 2.20 bits per heavy atom. The molecular formula is C16H17IN2O. The van der Waals surface area contributed by atoms with E-state index in [4.69, 9.17) is 0 Å². The molecule has 0 bridgehead atoms. The van der Waals surface area contributed by atoms with Crippen LogP contribution in [0.3, 0.4) is 0 Å². The molecular weight excluding hydrogens is 363 g/mol. The van der Waals surface area contributed by atoms with Crippen molar-refractivity contribution in [2.45, 2.75) is 38.6 Å². The lowest BCUT2D eigenvalue weighted by Crippen LogP contribution is -2.27. The van der Waals surface area contributed by atoms with Gasteiger partial charge in [-0.05, 0) is 59.9 Å². The van der Waals surface area contributed by atoms with Gasteiger partial charge in [0.05, 0.1) is 15.6 Å². The highest BCUT2D eigenvalue weighted by Crippen LogP contribution is 2.32. The summed E-state index contributed by atoms with van der Waals surface area (Å²) < 4.78 is 2.50. The molecule has 3 nitrogen and oxygen atoms in total. The Kier molecular flexibility index (Phi) is 3.92. The second-order valence-electron chi connectivity index (χ2n) is 5.39. The highest BCUT2D eigenvalue weighted by molar-refractivity contribution is 14.1. The van der Waals surface area contributed by atoms with Gasteiger partial charge in [-0.3, -0.25) is 9.36 Å². The monoisotopic (exact) mass is 380 g/mol. The van der Waals surface area contributed by atoms with E-state index in [0.29, 0.717) is 5.92 Å². The van der Waals surface area contributed by atoms with Gasteiger partial charge in [0.1, 0.15) is 0 Å². The van der Waals surface area contributed by atoms with Crippen molar-refractivity contribution in [2.75, 3.05) is 0 Å². The van der Waals surface area contributed by atoms with E-state index in [2.05, 4.69) is 51.8 Å². The zero-order chi connectivity index (χ0) is 14.1. The van der Waals surface area contributed by atoms with E-state index >= 15 is 0 Å². The molecule has 2 aromatic rings. The van der Waals surface area contributed by atoms with Crippen LogP contribution in [0.25, 0.3) is 0 Å². The zero-order valence-corrected chi connectivity index (χ0v) is 13.6. The van der Waals surface area contributed by atoms with Crippen LogP contribution in [0.15, 0.2) is 35.4 Å². The number of nitrogens with zero attached hydrogens (tertiary/aromatic N) is 2.